The van der Waals surface area contributed by atoms with Gasteiger partial charge < -0.3 is 14.4 Å². The van der Waals surface area contributed by atoms with Crippen molar-refractivity contribution >= 4 is 34.2 Å². The topological polar surface area (TPSA) is 105 Å². The summed E-state index contributed by atoms with van der Waals surface area (Å²) in [5.41, 5.74) is 4.22. The zero-order valence-corrected chi connectivity index (χ0v) is 16.4. The zero-order valence-electron chi connectivity index (χ0n) is 15.6. The molecule has 0 aliphatic rings. The Kier molecular flexibility index (Phi) is 4.64. The number of aromatic nitrogens is 4. The van der Waals surface area contributed by atoms with E-state index in [9.17, 15) is 9.59 Å². The number of carbonyl (C=O) groups is 2. The van der Waals surface area contributed by atoms with Crippen molar-refractivity contribution < 1.29 is 14.0 Å². The Hall–Kier alpha value is -3.13. The maximum absolute atomic E-state index is 12.6. The van der Waals surface area contributed by atoms with E-state index in [1.54, 1.807) is 13.8 Å². The van der Waals surface area contributed by atoms with Gasteiger partial charge >= 0.3 is 0 Å². The third kappa shape index (κ3) is 3.16. The summed E-state index contributed by atoms with van der Waals surface area (Å²) >= 11 is 1.17. The fraction of sp³-hybridized carbons (Fsp3) is 0.200. The highest BCUT2D eigenvalue weighted by Crippen LogP contribution is 2.30. The number of nitrogens with zero attached hydrogens (tertiary/aromatic N) is 2. The number of H-pyrrole nitrogens is 2. The predicted octanol–water partition coefficient (Wildman–Crippen LogP) is 4.34. The number of benzene rings is 1. The summed E-state index contributed by atoms with van der Waals surface area (Å²) < 4.78 is 5.72. The minimum atomic E-state index is -0.120. The molecular weight excluding hydrogens is 376 g/mol. The first-order valence-electron chi connectivity index (χ1n) is 8.71. The van der Waals surface area contributed by atoms with Crippen LogP contribution in [0.1, 0.15) is 39.0 Å². The van der Waals surface area contributed by atoms with Gasteiger partial charge in [-0.3, -0.25) is 9.59 Å². The van der Waals surface area contributed by atoms with E-state index in [0.29, 0.717) is 33.6 Å². The summed E-state index contributed by atoms with van der Waals surface area (Å²) in [6.45, 7) is 5.07. The van der Waals surface area contributed by atoms with Crippen molar-refractivity contribution in [1.29, 1.82) is 0 Å². The second-order valence-electron chi connectivity index (χ2n) is 6.51. The van der Waals surface area contributed by atoms with Crippen molar-refractivity contribution in [3.05, 3.63) is 53.0 Å². The molecule has 0 bridgehead atoms. The van der Waals surface area contributed by atoms with Crippen molar-refractivity contribution in [1.82, 2.24) is 20.2 Å². The van der Waals surface area contributed by atoms with Gasteiger partial charge in [0.05, 0.1) is 17.0 Å². The number of carbonyl (C=O) groups excluding carboxylic acids is 2. The minimum absolute atomic E-state index is 0.0572. The van der Waals surface area contributed by atoms with Crippen molar-refractivity contribution in [2.24, 2.45) is 0 Å². The van der Waals surface area contributed by atoms with Gasteiger partial charge in [0.25, 0.3) is 11.1 Å². The van der Waals surface area contributed by atoms with Crippen LogP contribution in [0.2, 0.25) is 0 Å². The smallest absolute Gasteiger partial charge is 0.277 e. The van der Waals surface area contributed by atoms with Crippen LogP contribution < -0.4 is 0 Å². The summed E-state index contributed by atoms with van der Waals surface area (Å²) in [5.74, 6) is 0.356. The highest BCUT2D eigenvalue weighted by molar-refractivity contribution is 7.99. The number of rotatable bonds is 6. The van der Waals surface area contributed by atoms with E-state index >= 15 is 0 Å². The summed E-state index contributed by atoms with van der Waals surface area (Å²) in [6.07, 6.45) is 1.83. The van der Waals surface area contributed by atoms with E-state index in [2.05, 4.69) is 20.2 Å². The van der Waals surface area contributed by atoms with Crippen LogP contribution in [0.4, 0.5) is 0 Å². The molecule has 8 heteroatoms. The van der Waals surface area contributed by atoms with E-state index in [4.69, 9.17) is 4.42 Å². The normalized spacial score (nSPS) is 11.2. The molecule has 2 N–H and O–H groups in total. The molecule has 0 atom stereocenters. The first kappa shape index (κ1) is 18.2. The average molecular weight is 394 g/mol. The molecule has 3 aromatic heterocycles. The molecule has 0 aliphatic carbocycles. The van der Waals surface area contributed by atoms with Gasteiger partial charge in [-0.15, -0.1) is 10.2 Å². The van der Waals surface area contributed by atoms with Gasteiger partial charge in [0.1, 0.15) is 0 Å². The predicted molar refractivity (Wildman–Crippen MR) is 107 cm³/mol. The highest BCUT2D eigenvalue weighted by Gasteiger charge is 2.21. The molecule has 142 valence electrons. The molecule has 3 heterocycles. The minimum Gasteiger partial charge on any atom is -0.411 e. The second kappa shape index (κ2) is 7.12. The molecule has 28 heavy (non-hydrogen) atoms. The molecule has 4 aromatic rings. The number of thioether (sulfide) groups is 1. The lowest BCUT2D eigenvalue weighted by atomic mass is 10.1. The second-order valence-corrected chi connectivity index (χ2v) is 7.44. The number of nitrogens with one attached hydrogen (secondary N) is 2. The number of ketones is 2. The summed E-state index contributed by atoms with van der Waals surface area (Å²) in [5, 5.41) is 9.45. The van der Waals surface area contributed by atoms with Crippen molar-refractivity contribution in [3.8, 4) is 11.5 Å². The molecule has 0 spiro atoms. The van der Waals surface area contributed by atoms with E-state index in [1.165, 1.54) is 18.7 Å². The van der Waals surface area contributed by atoms with Gasteiger partial charge in [0.2, 0.25) is 0 Å². The Morgan fingerprint density at radius 3 is 2.71 bits per heavy atom. The molecule has 0 radical (unpaired) electrons. The number of hydrogen-bond donors (Lipinski definition) is 2. The third-order valence-electron chi connectivity index (χ3n) is 4.62. The number of aryl methyl sites for hydroxylation is 1. The van der Waals surface area contributed by atoms with E-state index < -0.39 is 0 Å². The zero-order chi connectivity index (χ0) is 19.8. The van der Waals surface area contributed by atoms with Gasteiger partial charge in [-0.1, -0.05) is 30.0 Å². The first-order chi connectivity index (χ1) is 13.5. The van der Waals surface area contributed by atoms with Crippen LogP contribution in [0.15, 0.2) is 40.1 Å². The maximum Gasteiger partial charge on any atom is 0.277 e. The number of Topliss-reactive ketones (excluding diaryl/α,β-unsaturated/α-hetero) is 2. The van der Waals surface area contributed by atoms with Crippen LogP contribution in [0.25, 0.3) is 22.4 Å². The highest BCUT2D eigenvalue weighted by atomic mass is 32.2. The Morgan fingerprint density at radius 2 is 1.96 bits per heavy atom. The molecule has 7 nitrogen and oxygen atoms in total. The summed E-state index contributed by atoms with van der Waals surface area (Å²) in [7, 11) is 0. The lowest BCUT2D eigenvalue weighted by molar-refractivity contribution is 0.101. The largest absolute Gasteiger partial charge is 0.411 e. The Morgan fingerprint density at radius 1 is 1.18 bits per heavy atom. The van der Waals surface area contributed by atoms with Crippen LogP contribution in [0, 0.1) is 13.8 Å². The van der Waals surface area contributed by atoms with Crippen LogP contribution >= 0.6 is 11.8 Å². The van der Waals surface area contributed by atoms with Gasteiger partial charge in [0.15, 0.2) is 11.6 Å². The molecule has 0 saturated heterocycles. The molecular formula is C20H18N4O3S. The van der Waals surface area contributed by atoms with Crippen LogP contribution in [0.5, 0.6) is 0 Å². The molecule has 0 fully saturated rings. The van der Waals surface area contributed by atoms with Crippen LogP contribution in [-0.4, -0.2) is 37.5 Å². The number of hydrogen-bond acceptors (Lipinski definition) is 6. The molecule has 4 rings (SSSR count). The molecule has 1 aromatic carbocycles. The van der Waals surface area contributed by atoms with E-state index in [-0.39, 0.29) is 17.3 Å². The molecule has 0 amide bonds. The summed E-state index contributed by atoms with van der Waals surface area (Å²) in [4.78, 5) is 30.5. The number of aromatic amines is 2. The Balaban J connectivity index is 1.50. The first-order valence-corrected chi connectivity index (χ1v) is 9.70. The molecule has 0 aliphatic heterocycles. The van der Waals surface area contributed by atoms with Gasteiger partial charge in [-0.05, 0) is 32.4 Å². The number of fused-ring (bicyclic) bond motifs is 1. The molecule has 0 saturated carbocycles. The van der Waals surface area contributed by atoms with Gasteiger partial charge in [0, 0.05) is 28.4 Å². The van der Waals surface area contributed by atoms with E-state index in [0.717, 1.165) is 16.5 Å². The van der Waals surface area contributed by atoms with E-state index in [1.807, 2.05) is 30.5 Å². The Labute approximate surface area is 164 Å². The lowest BCUT2D eigenvalue weighted by Crippen LogP contribution is -2.05. The number of para-hydroxylation sites is 1. The lowest BCUT2D eigenvalue weighted by Gasteiger charge is -1.99. The monoisotopic (exact) mass is 394 g/mol. The summed E-state index contributed by atoms with van der Waals surface area (Å²) in [6, 6.07) is 7.84. The standard InChI is InChI=1S/C20H18N4O3S/c1-10-17(12(3)25)11(2)22-18(10)16(26)9-28-20-24-23-19(27-20)14-8-21-15-7-5-4-6-13(14)15/h4-8,21-22H,9H2,1-3H3. The van der Waals surface area contributed by atoms with Crippen molar-refractivity contribution in [2.45, 2.75) is 26.0 Å². The Bertz CT molecular complexity index is 1200. The average Bonchev–Trinajstić information content (AvgIpc) is 3.36. The SMILES string of the molecule is CC(=O)c1c(C)[nH]c(C(=O)CSc2nnc(-c3c[nH]c4ccccc34)o2)c1C. The van der Waals surface area contributed by atoms with Gasteiger partial charge in [-0.25, -0.2) is 0 Å². The maximum atomic E-state index is 12.6. The van der Waals surface area contributed by atoms with Crippen LogP contribution in [-0.2, 0) is 0 Å². The fourth-order valence-electron chi connectivity index (χ4n) is 3.38. The van der Waals surface area contributed by atoms with Crippen molar-refractivity contribution in [3.63, 3.8) is 0 Å². The molecule has 0 unspecified atom stereocenters. The quantitative estimate of drug-likeness (QED) is 0.372. The third-order valence-corrected chi connectivity index (χ3v) is 5.44. The van der Waals surface area contributed by atoms with Crippen molar-refractivity contribution in [2.75, 3.05) is 5.75 Å². The van der Waals surface area contributed by atoms with Crippen LogP contribution in [0.3, 0.4) is 0 Å². The van der Waals surface area contributed by atoms with Gasteiger partial charge in [-0.2, -0.15) is 0 Å². The fourth-order valence-corrected chi connectivity index (χ4v) is 4.02.